The number of halogens is 2. The summed E-state index contributed by atoms with van der Waals surface area (Å²) < 4.78 is 76.6. The molecule has 2 unspecified atom stereocenters. The molecule has 1 aliphatic rings. The van der Waals surface area contributed by atoms with Gasteiger partial charge in [0, 0.05) is 37.1 Å². The molecule has 0 radical (unpaired) electrons. The van der Waals surface area contributed by atoms with E-state index in [1.165, 1.54) is 29.8 Å². The molecule has 2 heterocycles. The molecule has 0 fully saturated rings. The fraction of sp³-hybridized carbons (Fsp3) is 0.491. The number of nitrogens with zero attached hydrogens (tertiary/aromatic N) is 2. The molecule has 0 amide bonds. The molecular formula is C57H76Cl2N2O11S2Si2. The Morgan fingerprint density at radius 3 is 2.18 bits per heavy atom. The largest absolute Gasteiger partial charge is 0.543 e. The average molecular weight is 1160 g/mol. The Balaban J connectivity index is 1.45. The summed E-state index contributed by atoms with van der Waals surface area (Å²) in [7, 11) is -7.82. The number of allylic oxidation sites excluding steroid dienone is 2. The number of carbonyl (C=O) groups is 1. The van der Waals surface area contributed by atoms with Crippen LogP contribution in [-0.4, -0.2) is 91.8 Å². The SMILES string of the molecule is C=CCOCC(COS(=O)(=O)c1ccc(C)cc1)Oc1c(Cl)c(C)c(-c2c(C3=CCCC3)sc3ncnc(OC(Cc4cc(O[Si](C)(C)C(C)(C)C)ccc4OCOCC[Si](C)(C)C)C(=O)OC(C)(C)C)c23)c(C)c1Cl. The maximum absolute atomic E-state index is 14.6. The van der Waals surface area contributed by atoms with Crippen LogP contribution in [0.25, 0.3) is 26.9 Å². The monoisotopic (exact) mass is 1150 g/mol. The zero-order valence-corrected chi connectivity index (χ0v) is 51.8. The minimum atomic E-state index is -4.17. The Bertz CT molecular complexity index is 2990. The minimum absolute atomic E-state index is 0.00479. The number of esters is 1. The van der Waals surface area contributed by atoms with Crippen LogP contribution in [0.2, 0.25) is 53.9 Å². The van der Waals surface area contributed by atoms with Crippen LogP contribution in [0.4, 0.5) is 0 Å². The molecule has 0 spiro atoms. The van der Waals surface area contributed by atoms with Crippen LogP contribution in [0, 0.1) is 20.8 Å². The van der Waals surface area contributed by atoms with Gasteiger partial charge in [-0.3, -0.25) is 4.18 Å². The van der Waals surface area contributed by atoms with Crippen LogP contribution in [0.3, 0.4) is 0 Å². The summed E-state index contributed by atoms with van der Waals surface area (Å²) in [6.45, 7) is 32.9. The topological polar surface area (TPSA) is 151 Å². The summed E-state index contributed by atoms with van der Waals surface area (Å²) in [5.74, 6) is 0.839. The first-order chi connectivity index (χ1) is 35.5. The number of carbonyl (C=O) groups excluding carboxylic acids is 1. The van der Waals surface area contributed by atoms with E-state index in [4.69, 9.17) is 70.2 Å². The minimum Gasteiger partial charge on any atom is -0.543 e. The van der Waals surface area contributed by atoms with E-state index in [9.17, 15) is 13.2 Å². The number of ether oxygens (including phenoxy) is 6. The molecule has 76 heavy (non-hydrogen) atoms. The maximum Gasteiger partial charge on any atom is 0.348 e. The van der Waals surface area contributed by atoms with Crippen LogP contribution in [0.5, 0.6) is 23.1 Å². The Hall–Kier alpha value is -4.31. The molecule has 0 N–H and O–H groups in total. The van der Waals surface area contributed by atoms with E-state index in [0.717, 1.165) is 46.9 Å². The number of aromatic nitrogens is 2. The fourth-order valence-corrected chi connectivity index (χ4v) is 12.5. The summed E-state index contributed by atoms with van der Waals surface area (Å²) in [4.78, 5) is 25.7. The molecule has 6 rings (SSSR count). The van der Waals surface area contributed by atoms with E-state index >= 15 is 0 Å². The van der Waals surface area contributed by atoms with Crippen molar-refractivity contribution in [2.75, 3.05) is 33.2 Å². The molecule has 3 aromatic carbocycles. The van der Waals surface area contributed by atoms with Gasteiger partial charge >= 0.3 is 5.97 Å². The molecule has 13 nitrogen and oxygen atoms in total. The number of rotatable bonds is 25. The van der Waals surface area contributed by atoms with Crippen molar-refractivity contribution in [2.24, 2.45) is 0 Å². The molecular weight excluding hydrogens is 1080 g/mol. The van der Waals surface area contributed by atoms with Gasteiger partial charge in [-0.2, -0.15) is 8.42 Å². The van der Waals surface area contributed by atoms with Gasteiger partial charge in [0.05, 0.1) is 33.5 Å². The number of hydrogen-bond acceptors (Lipinski definition) is 14. The number of thiophene rings is 1. The summed E-state index contributed by atoms with van der Waals surface area (Å²) >= 11 is 16.2. The second-order valence-electron chi connectivity index (χ2n) is 22.9. The van der Waals surface area contributed by atoms with Crippen LogP contribution in [-0.2, 0) is 39.7 Å². The maximum atomic E-state index is 14.6. The van der Waals surface area contributed by atoms with Crippen molar-refractivity contribution < 1.29 is 50.2 Å². The van der Waals surface area contributed by atoms with Crippen molar-refractivity contribution in [2.45, 2.75) is 155 Å². The summed E-state index contributed by atoms with van der Waals surface area (Å²) in [6.07, 6.45) is 5.74. The molecule has 414 valence electrons. The third-order valence-corrected chi connectivity index (χ3v) is 22.7. The molecule has 0 bridgehead atoms. The van der Waals surface area contributed by atoms with Crippen LogP contribution in [0.15, 0.2) is 72.4 Å². The highest BCUT2D eigenvalue weighted by Crippen LogP contribution is 2.53. The van der Waals surface area contributed by atoms with Crippen molar-refractivity contribution in [3.8, 4) is 34.3 Å². The number of benzene rings is 3. The molecule has 0 saturated carbocycles. The van der Waals surface area contributed by atoms with Gasteiger partial charge in [0.25, 0.3) is 10.1 Å². The van der Waals surface area contributed by atoms with Gasteiger partial charge in [-0.05, 0) is 138 Å². The first-order valence-corrected chi connectivity index (χ1v) is 35.3. The van der Waals surface area contributed by atoms with Gasteiger partial charge in [-0.15, -0.1) is 17.9 Å². The highest BCUT2D eigenvalue weighted by molar-refractivity contribution is 7.86. The first-order valence-electron chi connectivity index (χ1n) is 25.7. The number of hydrogen-bond donors (Lipinski definition) is 0. The van der Waals surface area contributed by atoms with Gasteiger partial charge in [0.15, 0.2) is 12.5 Å². The Labute approximate surface area is 466 Å². The molecule has 2 atom stereocenters. The Kier molecular flexibility index (Phi) is 20.2. The van der Waals surface area contributed by atoms with Gasteiger partial charge in [-0.25, -0.2) is 14.8 Å². The van der Waals surface area contributed by atoms with E-state index in [2.05, 4.69) is 66.2 Å². The zero-order valence-electron chi connectivity index (χ0n) is 46.7. The quantitative estimate of drug-likeness (QED) is 0.0136. The van der Waals surface area contributed by atoms with Crippen molar-refractivity contribution >= 4 is 82.8 Å². The van der Waals surface area contributed by atoms with E-state index < -0.39 is 56.9 Å². The lowest BCUT2D eigenvalue weighted by molar-refractivity contribution is -0.163. The van der Waals surface area contributed by atoms with Crippen molar-refractivity contribution in [3.05, 3.63) is 105 Å². The normalized spacial score (nSPS) is 14.3. The van der Waals surface area contributed by atoms with Crippen molar-refractivity contribution in [1.29, 1.82) is 0 Å². The number of fused-ring (bicyclic) bond motifs is 1. The first kappa shape index (κ1) is 60.9. The predicted octanol–water partition coefficient (Wildman–Crippen LogP) is 14.9. The lowest BCUT2D eigenvalue weighted by Crippen LogP contribution is -2.43. The summed E-state index contributed by atoms with van der Waals surface area (Å²) in [5.41, 5.74) is 4.47. The second-order valence-corrected chi connectivity index (χ2v) is 36.7. The molecule has 0 aliphatic heterocycles. The molecule has 5 aromatic rings. The predicted molar refractivity (Wildman–Crippen MR) is 312 cm³/mol. The highest BCUT2D eigenvalue weighted by atomic mass is 35.5. The summed E-state index contributed by atoms with van der Waals surface area (Å²) in [6, 6.07) is 13.0. The molecule has 0 saturated heterocycles. The van der Waals surface area contributed by atoms with Gasteiger partial charge in [-0.1, -0.05) is 93.5 Å². The highest BCUT2D eigenvalue weighted by Gasteiger charge is 2.40. The van der Waals surface area contributed by atoms with Crippen molar-refractivity contribution in [3.63, 3.8) is 0 Å². The van der Waals surface area contributed by atoms with Crippen LogP contribution in [0.1, 0.15) is 87.9 Å². The van der Waals surface area contributed by atoms with Crippen molar-refractivity contribution in [1.82, 2.24) is 9.97 Å². The lowest BCUT2D eigenvalue weighted by atomic mass is 9.91. The smallest absolute Gasteiger partial charge is 0.348 e. The Morgan fingerprint density at radius 2 is 1.58 bits per heavy atom. The van der Waals surface area contributed by atoms with E-state index in [1.54, 1.807) is 18.2 Å². The third-order valence-electron chi connectivity index (χ3n) is 13.2. The molecule has 19 heteroatoms. The molecule has 2 aromatic heterocycles. The van der Waals surface area contributed by atoms with E-state index in [1.807, 2.05) is 59.7 Å². The van der Waals surface area contributed by atoms with Gasteiger partial charge in [0.1, 0.15) is 41.0 Å². The fourth-order valence-electron chi connectivity index (χ4n) is 8.04. The Morgan fingerprint density at radius 1 is 0.895 bits per heavy atom. The zero-order chi connectivity index (χ0) is 56.0. The van der Waals surface area contributed by atoms with Crippen LogP contribution >= 0.6 is 34.5 Å². The average Bonchev–Trinajstić information content (AvgIpc) is 4.00. The summed E-state index contributed by atoms with van der Waals surface area (Å²) in [5, 5.41) is 0.856. The standard InChI is InChI=1S/C57H76Cl2N2O11S2Si2/c1-16-27-65-32-42(33-68-74(63,64)43-24-21-36(2)22-25-43)69-51-49(58)37(3)46(38(4)50(51)59)47-48-53(60-34-61-54(48)73-52(47)39-19-17-18-20-39)70-45(55(62)71-56(5,6)7)31-40-30-41(72-76(14,15)57(8,9)10)23-26-44(40)67-35-66-28-29-75(11,12)13/h16,19,21-26,30,34,42,45H,1,17-18,20,27-29,31-33,35H2,2-15H3. The van der Waals surface area contributed by atoms with Gasteiger partial charge in [0.2, 0.25) is 20.3 Å². The lowest BCUT2D eigenvalue weighted by Gasteiger charge is -2.36. The molecule has 1 aliphatic carbocycles. The van der Waals surface area contributed by atoms with Gasteiger partial charge < -0.3 is 32.8 Å². The van der Waals surface area contributed by atoms with E-state index in [0.29, 0.717) is 50.6 Å². The van der Waals surface area contributed by atoms with Crippen LogP contribution < -0.4 is 18.6 Å². The van der Waals surface area contributed by atoms with E-state index in [-0.39, 0.29) is 58.0 Å². The third kappa shape index (κ3) is 15.7. The second kappa shape index (κ2) is 25.2. The number of aryl methyl sites for hydroxylation is 1.